The fraction of sp³-hybridized carbons (Fsp3) is 0.250. The Labute approximate surface area is 111 Å². The van der Waals surface area contributed by atoms with Crippen molar-refractivity contribution >= 4 is 0 Å². The highest BCUT2D eigenvalue weighted by Gasteiger charge is 2.16. The van der Waals surface area contributed by atoms with E-state index in [1.54, 1.807) is 0 Å². The highest BCUT2D eigenvalue weighted by molar-refractivity contribution is 5.40. The molecule has 0 aliphatic heterocycles. The second kappa shape index (κ2) is 4.74. The number of halogens is 2. The van der Waals surface area contributed by atoms with Gasteiger partial charge in [-0.15, -0.1) is 0 Å². The van der Waals surface area contributed by atoms with E-state index in [9.17, 15) is 8.78 Å². The molecule has 0 spiro atoms. The van der Waals surface area contributed by atoms with Crippen molar-refractivity contribution in [3.05, 3.63) is 70.3 Å². The van der Waals surface area contributed by atoms with E-state index in [0.29, 0.717) is 5.56 Å². The summed E-state index contributed by atoms with van der Waals surface area (Å²) >= 11 is 0. The fourth-order valence-electron chi connectivity index (χ4n) is 2.68. The SMILES string of the molecule is NC(c1ccc(F)c(F)c1)c1ccc2c(c1)CCC2. The minimum absolute atomic E-state index is 0.416. The Hall–Kier alpha value is -1.74. The van der Waals surface area contributed by atoms with Gasteiger partial charge < -0.3 is 5.73 Å². The first-order chi connectivity index (χ1) is 9.15. The topological polar surface area (TPSA) is 26.0 Å². The number of rotatable bonds is 2. The zero-order chi connectivity index (χ0) is 13.4. The summed E-state index contributed by atoms with van der Waals surface area (Å²) in [5.74, 6) is -1.70. The zero-order valence-corrected chi connectivity index (χ0v) is 10.5. The molecule has 2 N–H and O–H groups in total. The Morgan fingerprint density at radius 3 is 2.32 bits per heavy atom. The molecule has 0 saturated heterocycles. The molecule has 0 fully saturated rings. The van der Waals surface area contributed by atoms with Crippen LogP contribution in [0, 0.1) is 11.6 Å². The van der Waals surface area contributed by atoms with Crippen molar-refractivity contribution in [1.29, 1.82) is 0 Å². The molecule has 3 rings (SSSR count). The number of aryl methyl sites for hydroxylation is 2. The Morgan fingerprint density at radius 1 is 0.842 bits per heavy atom. The Kier molecular flexibility index (Phi) is 3.07. The van der Waals surface area contributed by atoms with Gasteiger partial charge in [0.2, 0.25) is 0 Å². The molecule has 1 atom stereocenters. The number of nitrogens with two attached hydrogens (primary N) is 1. The van der Waals surface area contributed by atoms with Crippen LogP contribution in [0.25, 0.3) is 0 Å². The lowest BCUT2D eigenvalue weighted by molar-refractivity contribution is 0.506. The van der Waals surface area contributed by atoms with E-state index in [2.05, 4.69) is 12.1 Å². The van der Waals surface area contributed by atoms with Crippen molar-refractivity contribution in [3.8, 4) is 0 Å². The van der Waals surface area contributed by atoms with Crippen LogP contribution < -0.4 is 5.73 Å². The molecule has 0 radical (unpaired) electrons. The van der Waals surface area contributed by atoms with Gasteiger partial charge in [-0.2, -0.15) is 0 Å². The number of benzene rings is 2. The molecule has 1 unspecified atom stereocenters. The van der Waals surface area contributed by atoms with Gasteiger partial charge in [-0.25, -0.2) is 8.78 Å². The maximum absolute atomic E-state index is 13.2. The van der Waals surface area contributed by atoms with E-state index in [4.69, 9.17) is 5.73 Å². The van der Waals surface area contributed by atoms with E-state index in [0.717, 1.165) is 24.5 Å². The van der Waals surface area contributed by atoms with Crippen LogP contribution in [0.5, 0.6) is 0 Å². The molecular formula is C16H15F2N. The van der Waals surface area contributed by atoms with Gasteiger partial charge in [0.1, 0.15) is 0 Å². The van der Waals surface area contributed by atoms with Crippen LogP contribution in [-0.2, 0) is 12.8 Å². The summed E-state index contributed by atoms with van der Waals surface area (Å²) < 4.78 is 26.2. The minimum atomic E-state index is -0.853. The van der Waals surface area contributed by atoms with Crippen LogP contribution >= 0.6 is 0 Å². The second-order valence-electron chi connectivity index (χ2n) is 5.03. The maximum atomic E-state index is 13.2. The first-order valence-electron chi connectivity index (χ1n) is 6.47. The molecule has 2 aromatic rings. The summed E-state index contributed by atoms with van der Waals surface area (Å²) in [7, 11) is 0. The van der Waals surface area contributed by atoms with Crippen LogP contribution in [-0.4, -0.2) is 0 Å². The van der Waals surface area contributed by atoms with Crippen LogP contribution in [0.4, 0.5) is 8.78 Å². The summed E-state index contributed by atoms with van der Waals surface area (Å²) in [6.45, 7) is 0. The summed E-state index contributed by atoms with van der Waals surface area (Å²) in [5, 5.41) is 0. The van der Waals surface area contributed by atoms with Crippen molar-refractivity contribution in [2.24, 2.45) is 5.73 Å². The van der Waals surface area contributed by atoms with Crippen LogP contribution in [0.3, 0.4) is 0 Å². The van der Waals surface area contributed by atoms with Gasteiger partial charge in [-0.3, -0.25) is 0 Å². The lowest BCUT2D eigenvalue weighted by Gasteiger charge is -2.14. The summed E-state index contributed by atoms with van der Waals surface area (Å²) in [5.41, 5.74) is 10.4. The van der Waals surface area contributed by atoms with E-state index in [1.807, 2.05) is 6.07 Å². The quantitative estimate of drug-likeness (QED) is 0.877. The monoisotopic (exact) mass is 259 g/mol. The van der Waals surface area contributed by atoms with Crippen LogP contribution in [0.15, 0.2) is 36.4 Å². The molecule has 1 nitrogen and oxygen atoms in total. The summed E-state index contributed by atoms with van der Waals surface area (Å²) in [6, 6.07) is 9.59. The molecule has 0 heterocycles. The Bertz CT molecular complexity index is 622. The molecule has 19 heavy (non-hydrogen) atoms. The lowest BCUT2D eigenvalue weighted by atomic mass is 9.96. The molecule has 0 amide bonds. The van der Waals surface area contributed by atoms with E-state index in [1.165, 1.54) is 29.7 Å². The smallest absolute Gasteiger partial charge is 0.159 e. The van der Waals surface area contributed by atoms with Crippen molar-refractivity contribution < 1.29 is 8.78 Å². The highest BCUT2D eigenvalue weighted by atomic mass is 19.2. The summed E-state index contributed by atoms with van der Waals surface area (Å²) in [4.78, 5) is 0. The van der Waals surface area contributed by atoms with E-state index >= 15 is 0 Å². The van der Waals surface area contributed by atoms with Crippen molar-refractivity contribution in [2.45, 2.75) is 25.3 Å². The molecule has 0 aromatic heterocycles. The van der Waals surface area contributed by atoms with Crippen LogP contribution in [0.2, 0.25) is 0 Å². The largest absolute Gasteiger partial charge is 0.320 e. The zero-order valence-electron chi connectivity index (χ0n) is 10.5. The normalized spacial score (nSPS) is 15.3. The Morgan fingerprint density at radius 2 is 1.53 bits per heavy atom. The molecule has 3 heteroatoms. The molecule has 0 bridgehead atoms. The van der Waals surface area contributed by atoms with Gasteiger partial charge in [0.15, 0.2) is 11.6 Å². The summed E-state index contributed by atoms with van der Waals surface area (Å²) in [6.07, 6.45) is 3.38. The standard InChI is InChI=1S/C16H15F2N/c17-14-7-6-13(9-15(14)18)16(19)12-5-4-10-2-1-3-11(10)8-12/h4-9,16H,1-3,19H2. The third-order valence-corrected chi connectivity index (χ3v) is 3.78. The first-order valence-corrected chi connectivity index (χ1v) is 6.47. The predicted molar refractivity (Wildman–Crippen MR) is 70.9 cm³/mol. The van der Waals surface area contributed by atoms with Gasteiger partial charge in [0.05, 0.1) is 6.04 Å². The van der Waals surface area contributed by atoms with Gasteiger partial charge >= 0.3 is 0 Å². The van der Waals surface area contributed by atoms with Crippen molar-refractivity contribution in [1.82, 2.24) is 0 Å². The lowest BCUT2D eigenvalue weighted by Crippen LogP contribution is -2.12. The molecule has 1 aliphatic rings. The van der Waals surface area contributed by atoms with Gasteiger partial charge in [-0.05, 0) is 53.6 Å². The van der Waals surface area contributed by atoms with Crippen molar-refractivity contribution in [2.75, 3.05) is 0 Å². The molecular weight excluding hydrogens is 244 g/mol. The van der Waals surface area contributed by atoms with E-state index < -0.39 is 17.7 Å². The number of hydrogen-bond acceptors (Lipinski definition) is 1. The number of fused-ring (bicyclic) bond motifs is 1. The maximum Gasteiger partial charge on any atom is 0.159 e. The van der Waals surface area contributed by atoms with Gasteiger partial charge in [-0.1, -0.05) is 24.3 Å². The first kappa shape index (κ1) is 12.3. The second-order valence-corrected chi connectivity index (χ2v) is 5.03. The highest BCUT2D eigenvalue weighted by Crippen LogP contribution is 2.27. The molecule has 1 aliphatic carbocycles. The van der Waals surface area contributed by atoms with E-state index in [-0.39, 0.29) is 0 Å². The molecule has 98 valence electrons. The van der Waals surface area contributed by atoms with Crippen LogP contribution in [0.1, 0.15) is 34.7 Å². The number of hydrogen-bond donors (Lipinski definition) is 1. The molecule has 0 saturated carbocycles. The third-order valence-electron chi connectivity index (χ3n) is 3.78. The average molecular weight is 259 g/mol. The van der Waals surface area contributed by atoms with Gasteiger partial charge in [0.25, 0.3) is 0 Å². The fourth-order valence-corrected chi connectivity index (χ4v) is 2.68. The Balaban J connectivity index is 1.94. The predicted octanol–water partition coefficient (Wildman–Crippen LogP) is 3.50. The van der Waals surface area contributed by atoms with Gasteiger partial charge in [0, 0.05) is 0 Å². The molecule has 2 aromatic carbocycles. The minimum Gasteiger partial charge on any atom is -0.320 e. The average Bonchev–Trinajstić information content (AvgIpc) is 2.88. The van der Waals surface area contributed by atoms with Crippen molar-refractivity contribution in [3.63, 3.8) is 0 Å². The third kappa shape index (κ3) is 2.26.